The smallest absolute Gasteiger partial charge is 0.0315 e. The van der Waals surface area contributed by atoms with Crippen molar-refractivity contribution in [1.82, 2.24) is 10.3 Å². The highest BCUT2D eigenvalue weighted by molar-refractivity contribution is 5.85. The molecule has 0 fully saturated rings. The van der Waals surface area contributed by atoms with Gasteiger partial charge in [-0.05, 0) is 25.6 Å². The van der Waals surface area contributed by atoms with Crippen molar-refractivity contribution in [2.75, 3.05) is 7.05 Å². The highest BCUT2D eigenvalue weighted by atomic mass is 35.5. The predicted octanol–water partition coefficient (Wildman–Crippen LogP) is 2.21. The molecule has 1 heterocycles. The summed E-state index contributed by atoms with van der Waals surface area (Å²) in [5.74, 6) is 0. The molecule has 0 amide bonds. The predicted molar refractivity (Wildman–Crippen MR) is 56.2 cm³/mol. The Morgan fingerprint density at radius 1 is 1.42 bits per heavy atom. The van der Waals surface area contributed by atoms with Crippen LogP contribution in [-0.2, 0) is 0 Å². The minimum absolute atomic E-state index is 0. The Kier molecular flexibility index (Phi) is 8.71. The van der Waals surface area contributed by atoms with E-state index in [4.69, 9.17) is 0 Å². The number of nitrogens with one attached hydrogen (secondary N) is 1. The first-order valence-electron chi connectivity index (χ1n) is 3.42. The van der Waals surface area contributed by atoms with Crippen LogP contribution in [0.3, 0.4) is 0 Å². The number of nitrogens with zero attached hydrogens (tertiary/aromatic N) is 1. The van der Waals surface area contributed by atoms with E-state index in [0.29, 0.717) is 6.04 Å². The fourth-order valence-electron chi connectivity index (χ4n) is 0.799. The molecule has 4 heteroatoms. The highest BCUT2D eigenvalue weighted by Crippen LogP contribution is 2.07. The van der Waals surface area contributed by atoms with Gasteiger partial charge in [0.25, 0.3) is 0 Å². The monoisotopic (exact) mass is 208 g/mol. The van der Waals surface area contributed by atoms with Gasteiger partial charge in [0.2, 0.25) is 0 Å². The van der Waals surface area contributed by atoms with Gasteiger partial charge in [-0.15, -0.1) is 24.8 Å². The van der Waals surface area contributed by atoms with Crippen molar-refractivity contribution in [2.45, 2.75) is 13.0 Å². The zero-order valence-electron chi connectivity index (χ0n) is 7.15. The number of pyridine rings is 1. The first-order valence-corrected chi connectivity index (χ1v) is 3.42. The van der Waals surface area contributed by atoms with E-state index < -0.39 is 0 Å². The van der Waals surface area contributed by atoms with E-state index in [2.05, 4.69) is 23.3 Å². The summed E-state index contributed by atoms with van der Waals surface area (Å²) in [4.78, 5) is 4.01. The summed E-state index contributed by atoms with van der Waals surface area (Å²) in [5, 5.41) is 3.14. The van der Waals surface area contributed by atoms with Gasteiger partial charge in [-0.25, -0.2) is 0 Å². The van der Waals surface area contributed by atoms with Crippen LogP contribution in [0.1, 0.15) is 18.5 Å². The van der Waals surface area contributed by atoms with Gasteiger partial charge in [-0.2, -0.15) is 0 Å². The molecule has 0 radical (unpaired) electrons. The molecular weight excluding hydrogens is 195 g/mol. The van der Waals surface area contributed by atoms with Crippen LogP contribution in [0.15, 0.2) is 24.5 Å². The number of halogens is 2. The van der Waals surface area contributed by atoms with Gasteiger partial charge in [0.05, 0.1) is 0 Å². The highest BCUT2D eigenvalue weighted by Gasteiger charge is 1.98. The lowest BCUT2D eigenvalue weighted by Gasteiger charge is -2.08. The van der Waals surface area contributed by atoms with Gasteiger partial charge >= 0.3 is 0 Å². The van der Waals surface area contributed by atoms with Crippen molar-refractivity contribution in [1.29, 1.82) is 0 Å². The molecule has 1 aromatic heterocycles. The van der Waals surface area contributed by atoms with Crippen LogP contribution in [0.25, 0.3) is 0 Å². The fourth-order valence-corrected chi connectivity index (χ4v) is 0.799. The minimum Gasteiger partial charge on any atom is -0.313 e. The number of aromatic nitrogens is 1. The Labute approximate surface area is 85.6 Å². The van der Waals surface area contributed by atoms with Gasteiger partial charge in [0, 0.05) is 18.4 Å². The van der Waals surface area contributed by atoms with E-state index in [1.165, 1.54) is 5.56 Å². The van der Waals surface area contributed by atoms with Crippen LogP contribution >= 0.6 is 24.8 Å². The van der Waals surface area contributed by atoms with Crippen molar-refractivity contribution < 1.29 is 0 Å². The molecule has 70 valence electrons. The molecule has 2 nitrogen and oxygen atoms in total. The van der Waals surface area contributed by atoms with Crippen molar-refractivity contribution in [3.8, 4) is 0 Å². The minimum atomic E-state index is 0. The summed E-state index contributed by atoms with van der Waals surface area (Å²) in [6, 6.07) is 4.41. The van der Waals surface area contributed by atoms with Crippen LogP contribution in [0, 0.1) is 0 Å². The van der Waals surface area contributed by atoms with E-state index >= 15 is 0 Å². The van der Waals surface area contributed by atoms with E-state index in [9.17, 15) is 0 Å². The zero-order chi connectivity index (χ0) is 7.40. The van der Waals surface area contributed by atoms with Crippen molar-refractivity contribution in [2.24, 2.45) is 0 Å². The van der Waals surface area contributed by atoms with Gasteiger partial charge in [-0.3, -0.25) is 4.98 Å². The van der Waals surface area contributed by atoms with Crippen LogP contribution < -0.4 is 5.32 Å². The Hall–Kier alpha value is -0.310. The first-order chi connectivity index (χ1) is 4.84. The van der Waals surface area contributed by atoms with Gasteiger partial charge in [0.15, 0.2) is 0 Å². The second-order valence-electron chi connectivity index (χ2n) is 2.30. The zero-order valence-corrected chi connectivity index (χ0v) is 8.78. The van der Waals surface area contributed by atoms with E-state index in [-0.39, 0.29) is 24.8 Å². The van der Waals surface area contributed by atoms with Gasteiger partial charge in [-0.1, -0.05) is 6.07 Å². The van der Waals surface area contributed by atoms with Gasteiger partial charge in [0.1, 0.15) is 0 Å². The number of hydrogen-bond donors (Lipinski definition) is 1. The maximum Gasteiger partial charge on any atom is 0.0315 e. The summed E-state index contributed by atoms with van der Waals surface area (Å²) in [6.45, 7) is 2.11. The normalized spacial score (nSPS) is 10.8. The van der Waals surface area contributed by atoms with Crippen LogP contribution in [0.5, 0.6) is 0 Å². The molecule has 0 bridgehead atoms. The molecule has 0 aliphatic heterocycles. The average Bonchev–Trinajstić information content (AvgIpc) is 2.05. The van der Waals surface area contributed by atoms with E-state index in [0.717, 1.165) is 0 Å². The molecule has 1 rings (SSSR count). The molecule has 1 unspecified atom stereocenters. The Morgan fingerprint density at radius 3 is 2.50 bits per heavy atom. The molecule has 1 atom stereocenters. The van der Waals surface area contributed by atoms with E-state index in [1.54, 1.807) is 6.20 Å². The lowest BCUT2D eigenvalue weighted by Crippen LogP contribution is -2.12. The lowest BCUT2D eigenvalue weighted by atomic mass is 10.1. The summed E-state index contributed by atoms with van der Waals surface area (Å²) in [7, 11) is 1.94. The third-order valence-corrected chi connectivity index (χ3v) is 1.62. The SMILES string of the molecule is CNC(C)c1cccnc1.Cl.Cl. The Bertz CT molecular complexity index is 192. The topological polar surface area (TPSA) is 24.9 Å². The molecule has 0 aromatic carbocycles. The van der Waals surface area contributed by atoms with E-state index in [1.807, 2.05) is 19.3 Å². The maximum absolute atomic E-state index is 4.01. The molecule has 0 saturated carbocycles. The second-order valence-corrected chi connectivity index (χ2v) is 2.30. The molecule has 1 aromatic rings. The molecule has 0 spiro atoms. The summed E-state index contributed by atoms with van der Waals surface area (Å²) < 4.78 is 0. The number of rotatable bonds is 2. The van der Waals surface area contributed by atoms with Crippen molar-refractivity contribution >= 4 is 24.8 Å². The lowest BCUT2D eigenvalue weighted by molar-refractivity contribution is 0.649. The quantitative estimate of drug-likeness (QED) is 0.807. The standard InChI is InChI=1S/C8H12N2.2ClH/c1-7(9-2)8-4-3-5-10-6-8;;/h3-7,9H,1-2H3;2*1H. The summed E-state index contributed by atoms with van der Waals surface area (Å²) in [5.41, 5.74) is 1.23. The van der Waals surface area contributed by atoms with Crippen LogP contribution in [0.2, 0.25) is 0 Å². The summed E-state index contributed by atoms with van der Waals surface area (Å²) in [6.07, 6.45) is 3.66. The van der Waals surface area contributed by atoms with Gasteiger partial charge < -0.3 is 5.32 Å². The van der Waals surface area contributed by atoms with Crippen LogP contribution in [-0.4, -0.2) is 12.0 Å². The number of hydrogen-bond acceptors (Lipinski definition) is 2. The summed E-state index contributed by atoms with van der Waals surface area (Å²) >= 11 is 0. The molecule has 0 aliphatic carbocycles. The molecule has 0 aliphatic rings. The Balaban J connectivity index is 0. The van der Waals surface area contributed by atoms with Crippen LogP contribution in [0.4, 0.5) is 0 Å². The molecule has 0 saturated heterocycles. The fraction of sp³-hybridized carbons (Fsp3) is 0.375. The molecular formula is C8H14Cl2N2. The third-order valence-electron chi connectivity index (χ3n) is 1.62. The Morgan fingerprint density at radius 2 is 2.08 bits per heavy atom. The van der Waals surface area contributed by atoms with Crippen molar-refractivity contribution in [3.05, 3.63) is 30.1 Å². The molecule has 12 heavy (non-hydrogen) atoms. The molecule has 1 N–H and O–H groups in total. The largest absolute Gasteiger partial charge is 0.313 e. The average molecular weight is 209 g/mol. The first kappa shape index (κ1) is 14.2. The maximum atomic E-state index is 4.01. The second kappa shape index (κ2) is 7.35. The third kappa shape index (κ3) is 3.90. The van der Waals surface area contributed by atoms with Crippen molar-refractivity contribution in [3.63, 3.8) is 0 Å².